The molecule has 0 aromatic rings. The van der Waals surface area contributed by atoms with Crippen LogP contribution < -0.4 is 0 Å². The minimum absolute atomic E-state index is 1.19. The fourth-order valence-electron chi connectivity index (χ4n) is 1.000. The molecule has 0 spiro atoms. The van der Waals surface area contributed by atoms with Crippen molar-refractivity contribution in [2.75, 3.05) is 0 Å². The Morgan fingerprint density at radius 2 is 2.00 bits per heavy atom. The van der Waals surface area contributed by atoms with E-state index in [0.29, 0.717) is 0 Å². The van der Waals surface area contributed by atoms with Gasteiger partial charge in [0.2, 0.25) is 0 Å². The van der Waals surface area contributed by atoms with Crippen molar-refractivity contribution in [1.29, 1.82) is 0 Å². The van der Waals surface area contributed by atoms with E-state index < -0.39 is 0 Å². The predicted molar refractivity (Wildman–Crippen MR) is 51.7 cm³/mol. The van der Waals surface area contributed by atoms with Crippen LogP contribution >= 0.6 is 0 Å². The fraction of sp³-hybridized carbons (Fsp3) is 0.727. The maximum atomic E-state index is 3.31. The average molecular weight is 152 g/mol. The first-order valence-electron chi connectivity index (χ1n) is 4.71. The van der Waals surface area contributed by atoms with E-state index in [0.717, 1.165) is 0 Å². The largest absolute Gasteiger partial charge is 0.126 e. The van der Waals surface area contributed by atoms with Gasteiger partial charge in [0.25, 0.3) is 0 Å². The van der Waals surface area contributed by atoms with Gasteiger partial charge in [0.15, 0.2) is 0 Å². The van der Waals surface area contributed by atoms with Crippen LogP contribution in [0.4, 0.5) is 0 Å². The van der Waals surface area contributed by atoms with Gasteiger partial charge in [0.05, 0.1) is 0 Å². The van der Waals surface area contributed by atoms with Crippen LogP contribution in [-0.2, 0) is 0 Å². The summed E-state index contributed by atoms with van der Waals surface area (Å²) in [5.41, 5.74) is 4.70. The van der Waals surface area contributed by atoms with Gasteiger partial charge in [0.1, 0.15) is 0 Å². The van der Waals surface area contributed by atoms with Crippen molar-refractivity contribution in [3.05, 3.63) is 17.4 Å². The van der Waals surface area contributed by atoms with Crippen LogP contribution in [0.2, 0.25) is 0 Å². The standard InChI is InChI=1S/C11H20/c1-4-6-7-8-10-11(3)9-5-2/h8H,4-7,9H2,1-3H3. The van der Waals surface area contributed by atoms with Crippen LogP contribution in [0.1, 0.15) is 52.9 Å². The lowest BCUT2D eigenvalue weighted by atomic mass is 10.2. The molecular weight excluding hydrogens is 132 g/mol. The van der Waals surface area contributed by atoms with E-state index in [1.165, 1.54) is 37.7 Å². The second-order valence-corrected chi connectivity index (χ2v) is 3.02. The second kappa shape index (κ2) is 7.63. The second-order valence-electron chi connectivity index (χ2n) is 3.02. The Balaban J connectivity index is 3.57. The van der Waals surface area contributed by atoms with Gasteiger partial charge in [-0.2, -0.15) is 0 Å². The maximum Gasteiger partial charge on any atom is -0.0249 e. The molecule has 0 aromatic heterocycles. The molecule has 0 aliphatic rings. The third-order valence-corrected chi connectivity index (χ3v) is 1.68. The summed E-state index contributed by atoms with van der Waals surface area (Å²) in [7, 11) is 0. The monoisotopic (exact) mass is 152 g/mol. The number of unbranched alkanes of at least 4 members (excludes halogenated alkanes) is 2. The number of rotatable bonds is 5. The quantitative estimate of drug-likeness (QED) is 0.411. The SMILES string of the molecule is CCCCC=C=C(C)CCC. The molecule has 0 amide bonds. The highest BCUT2D eigenvalue weighted by Crippen LogP contribution is 2.01. The summed E-state index contributed by atoms with van der Waals surface area (Å²) in [6, 6.07) is 0. The van der Waals surface area contributed by atoms with Crippen molar-refractivity contribution in [2.45, 2.75) is 52.9 Å². The fourth-order valence-corrected chi connectivity index (χ4v) is 1.000. The van der Waals surface area contributed by atoms with E-state index >= 15 is 0 Å². The Morgan fingerprint density at radius 3 is 2.55 bits per heavy atom. The molecule has 0 fully saturated rings. The molecule has 0 saturated carbocycles. The first-order chi connectivity index (χ1) is 5.31. The lowest BCUT2D eigenvalue weighted by Crippen LogP contribution is -1.71. The molecule has 11 heavy (non-hydrogen) atoms. The molecule has 0 rings (SSSR count). The number of allylic oxidation sites excluding steroid dienone is 1. The van der Waals surface area contributed by atoms with Crippen molar-refractivity contribution in [3.63, 3.8) is 0 Å². The Kier molecular flexibility index (Phi) is 7.29. The third kappa shape index (κ3) is 7.42. The topological polar surface area (TPSA) is 0 Å². The van der Waals surface area contributed by atoms with Gasteiger partial charge < -0.3 is 0 Å². The van der Waals surface area contributed by atoms with Crippen molar-refractivity contribution >= 4 is 0 Å². The molecule has 0 radical (unpaired) electrons. The van der Waals surface area contributed by atoms with Crippen molar-refractivity contribution < 1.29 is 0 Å². The summed E-state index contributed by atoms with van der Waals surface area (Å²) in [4.78, 5) is 0. The Morgan fingerprint density at radius 1 is 1.27 bits per heavy atom. The molecule has 0 aliphatic carbocycles. The molecule has 0 heterocycles. The molecule has 0 saturated heterocycles. The Hall–Kier alpha value is -0.480. The van der Waals surface area contributed by atoms with E-state index in [4.69, 9.17) is 0 Å². The smallest absolute Gasteiger partial charge is 0.0249 e. The van der Waals surface area contributed by atoms with Gasteiger partial charge in [-0.25, -0.2) is 0 Å². The van der Waals surface area contributed by atoms with Gasteiger partial charge >= 0.3 is 0 Å². The van der Waals surface area contributed by atoms with Crippen molar-refractivity contribution in [1.82, 2.24) is 0 Å². The molecule has 0 nitrogen and oxygen atoms in total. The maximum absolute atomic E-state index is 3.31. The van der Waals surface area contributed by atoms with Crippen LogP contribution in [0.15, 0.2) is 17.4 Å². The lowest BCUT2D eigenvalue weighted by molar-refractivity contribution is 0.814. The molecule has 64 valence electrons. The summed E-state index contributed by atoms with van der Waals surface area (Å²) in [5, 5.41) is 0. The average Bonchev–Trinajstić information content (AvgIpc) is 1.99. The van der Waals surface area contributed by atoms with E-state index in [1.807, 2.05) is 0 Å². The highest BCUT2D eigenvalue weighted by molar-refractivity contribution is 4.97. The zero-order valence-electron chi connectivity index (χ0n) is 8.11. The van der Waals surface area contributed by atoms with E-state index in [9.17, 15) is 0 Å². The van der Waals surface area contributed by atoms with E-state index in [2.05, 4.69) is 32.6 Å². The summed E-state index contributed by atoms with van der Waals surface area (Å²) in [6.45, 7) is 6.58. The minimum atomic E-state index is 1.19. The first-order valence-corrected chi connectivity index (χ1v) is 4.71. The van der Waals surface area contributed by atoms with Crippen LogP contribution in [0.25, 0.3) is 0 Å². The van der Waals surface area contributed by atoms with Gasteiger partial charge in [-0.15, -0.1) is 5.73 Å². The molecule has 0 heteroatoms. The van der Waals surface area contributed by atoms with Gasteiger partial charge in [-0.1, -0.05) is 26.7 Å². The molecule has 0 bridgehead atoms. The zero-order valence-corrected chi connectivity index (χ0v) is 8.11. The third-order valence-electron chi connectivity index (χ3n) is 1.68. The van der Waals surface area contributed by atoms with E-state index in [1.54, 1.807) is 0 Å². The Labute approximate surface area is 71.0 Å². The molecule has 0 N–H and O–H groups in total. The van der Waals surface area contributed by atoms with Crippen LogP contribution in [0.3, 0.4) is 0 Å². The van der Waals surface area contributed by atoms with Crippen LogP contribution in [0.5, 0.6) is 0 Å². The van der Waals surface area contributed by atoms with Crippen molar-refractivity contribution in [2.24, 2.45) is 0 Å². The molecule has 0 aliphatic heterocycles. The van der Waals surface area contributed by atoms with Crippen LogP contribution in [0, 0.1) is 0 Å². The van der Waals surface area contributed by atoms with Crippen molar-refractivity contribution in [3.8, 4) is 0 Å². The Bertz CT molecular complexity index is 136. The zero-order chi connectivity index (χ0) is 8.53. The molecule has 0 unspecified atom stereocenters. The van der Waals surface area contributed by atoms with Gasteiger partial charge in [0, 0.05) is 0 Å². The van der Waals surface area contributed by atoms with Gasteiger partial charge in [-0.05, 0) is 37.8 Å². The molecular formula is C11H20. The summed E-state index contributed by atoms with van der Waals surface area (Å²) < 4.78 is 0. The molecule has 0 atom stereocenters. The summed E-state index contributed by atoms with van der Waals surface area (Å²) in [6.07, 6.45) is 8.38. The van der Waals surface area contributed by atoms with Crippen LogP contribution in [-0.4, -0.2) is 0 Å². The highest BCUT2D eigenvalue weighted by Gasteiger charge is 1.82. The predicted octanol–water partition coefficient (Wildman–Crippen LogP) is 4.08. The first kappa shape index (κ1) is 10.5. The summed E-state index contributed by atoms with van der Waals surface area (Å²) in [5.74, 6) is 0. The highest BCUT2D eigenvalue weighted by atomic mass is 13.9. The summed E-state index contributed by atoms with van der Waals surface area (Å²) >= 11 is 0. The number of hydrogen-bond acceptors (Lipinski definition) is 0. The van der Waals surface area contributed by atoms with Gasteiger partial charge in [-0.3, -0.25) is 0 Å². The lowest BCUT2D eigenvalue weighted by Gasteiger charge is -1.90. The molecule has 0 aromatic carbocycles. The number of hydrogen-bond donors (Lipinski definition) is 0. The van der Waals surface area contributed by atoms with E-state index in [-0.39, 0.29) is 0 Å². The minimum Gasteiger partial charge on any atom is -0.126 e. The normalized spacial score (nSPS) is 9.00.